The van der Waals surface area contributed by atoms with Gasteiger partial charge in [-0.05, 0) is 43.9 Å². The highest BCUT2D eigenvalue weighted by Gasteiger charge is 2.44. The number of hydrogen-bond donors (Lipinski definition) is 1. The molecule has 3 unspecified atom stereocenters. The molecule has 0 radical (unpaired) electrons. The van der Waals surface area contributed by atoms with Crippen LogP contribution in [0.25, 0.3) is 0 Å². The Hall–Kier alpha value is -0.570. The summed E-state index contributed by atoms with van der Waals surface area (Å²) in [7, 11) is 0. The van der Waals surface area contributed by atoms with Crippen molar-refractivity contribution in [3.8, 4) is 0 Å². The molecule has 3 nitrogen and oxygen atoms in total. The van der Waals surface area contributed by atoms with Crippen LogP contribution in [0.15, 0.2) is 0 Å². The molecule has 0 aromatic heterocycles. The predicted octanol–water partition coefficient (Wildman–Crippen LogP) is 3.00. The fourth-order valence-corrected chi connectivity index (χ4v) is 3.41. The molecule has 3 atom stereocenters. The Kier molecular flexibility index (Phi) is 4.54. The molecule has 0 aromatic rings. The van der Waals surface area contributed by atoms with Crippen LogP contribution in [-0.2, 0) is 4.79 Å². The maximum absolute atomic E-state index is 12.7. The van der Waals surface area contributed by atoms with Gasteiger partial charge in [-0.1, -0.05) is 34.1 Å². The van der Waals surface area contributed by atoms with Crippen molar-refractivity contribution in [3.05, 3.63) is 0 Å². The van der Waals surface area contributed by atoms with Crippen molar-refractivity contribution in [1.82, 2.24) is 10.2 Å². The van der Waals surface area contributed by atoms with Crippen molar-refractivity contribution in [2.24, 2.45) is 17.8 Å². The van der Waals surface area contributed by atoms with Crippen LogP contribution in [0, 0.1) is 17.8 Å². The van der Waals surface area contributed by atoms with Gasteiger partial charge in [0.05, 0.1) is 12.2 Å². The highest BCUT2D eigenvalue weighted by atomic mass is 16.2. The van der Waals surface area contributed by atoms with Crippen LogP contribution in [-0.4, -0.2) is 29.1 Å². The van der Waals surface area contributed by atoms with Crippen LogP contribution in [0.4, 0.5) is 0 Å². The second kappa shape index (κ2) is 5.82. The molecule has 1 saturated heterocycles. The molecule has 19 heavy (non-hydrogen) atoms. The van der Waals surface area contributed by atoms with Gasteiger partial charge in [-0.15, -0.1) is 0 Å². The van der Waals surface area contributed by atoms with Gasteiger partial charge in [0.1, 0.15) is 0 Å². The lowest BCUT2D eigenvalue weighted by atomic mass is 9.79. The maximum Gasteiger partial charge on any atom is 0.241 e. The van der Waals surface area contributed by atoms with Gasteiger partial charge in [-0.25, -0.2) is 0 Å². The van der Waals surface area contributed by atoms with Crippen molar-refractivity contribution in [2.45, 2.75) is 78.6 Å². The number of rotatable bonds is 5. The van der Waals surface area contributed by atoms with Crippen molar-refractivity contribution in [3.63, 3.8) is 0 Å². The molecule has 0 aromatic carbocycles. The van der Waals surface area contributed by atoms with Crippen molar-refractivity contribution in [2.75, 3.05) is 0 Å². The molecule has 3 heteroatoms. The Morgan fingerprint density at radius 3 is 2.26 bits per heavy atom. The summed E-state index contributed by atoms with van der Waals surface area (Å²) < 4.78 is 0. The van der Waals surface area contributed by atoms with Crippen LogP contribution in [0.3, 0.4) is 0 Å². The Bertz CT molecular complexity index is 323. The van der Waals surface area contributed by atoms with Gasteiger partial charge in [-0.2, -0.15) is 0 Å². The summed E-state index contributed by atoms with van der Waals surface area (Å²) in [6.45, 7) is 11.0. The number of nitrogens with one attached hydrogen (secondary N) is 1. The molecule has 110 valence electrons. The molecule has 1 amide bonds. The molecule has 0 bridgehead atoms. The van der Waals surface area contributed by atoms with E-state index in [0.29, 0.717) is 23.8 Å². The minimum atomic E-state index is 0.0197. The van der Waals surface area contributed by atoms with Gasteiger partial charge >= 0.3 is 0 Å². The second-order valence-corrected chi connectivity index (χ2v) is 7.21. The SMILES string of the molecule is CC(C)CC1NC(C(C)C)C(=O)N1C(C)C1CCC1. The summed E-state index contributed by atoms with van der Waals surface area (Å²) in [4.78, 5) is 14.9. The van der Waals surface area contributed by atoms with Gasteiger partial charge in [0, 0.05) is 6.04 Å². The van der Waals surface area contributed by atoms with Crippen LogP contribution >= 0.6 is 0 Å². The summed E-state index contributed by atoms with van der Waals surface area (Å²) in [5.41, 5.74) is 0. The van der Waals surface area contributed by atoms with Crippen molar-refractivity contribution in [1.29, 1.82) is 0 Å². The molecule has 1 aliphatic heterocycles. The first-order valence-corrected chi connectivity index (χ1v) is 8.00. The van der Waals surface area contributed by atoms with Gasteiger partial charge in [0.25, 0.3) is 0 Å². The average molecular weight is 266 g/mol. The normalized spacial score (nSPS) is 30.3. The summed E-state index contributed by atoms with van der Waals surface area (Å²) in [5.74, 6) is 2.06. The monoisotopic (exact) mass is 266 g/mol. The Morgan fingerprint density at radius 1 is 1.21 bits per heavy atom. The van der Waals surface area contributed by atoms with Crippen LogP contribution in [0.5, 0.6) is 0 Å². The van der Waals surface area contributed by atoms with E-state index in [1.165, 1.54) is 19.3 Å². The number of hydrogen-bond acceptors (Lipinski definition) is 2. The third-order valence-corrected chi connectivity index (χ3v) is 4.86. The van der Waals surface area contributed by atoms with Crippen LogP contribution in [0.1, 0.15) is 60.3 Å². The topological polar surface area (TPSA) is 32.3 Å². The summed E-state index contributed by atoms with van der Waals surface area (Å²) >= 11 is 0. The number of amides is 1. The fraction of sp³-hybridized carbons (Fsp3) is 0.938. The lowest BCUT2D eigenvalue weighted by molar-refractivity contribution is -0.134. The van der Waals surface area contributed by atoms with E-state index >= 15 is 0 Å². The van der Waals surface area contributed by atoms with E-state index < -0.39 is 0 Å². The van der Waals surface area contributed by atoms with E-state index in [0.717, 1.165) is 12.3 Å². The van der Waals surface area contributed by atoms with Crippen molar-refractivity contribution >= 4 is 5.91 Å². The predicted molar refractivity (Wildman–Crippen MR) is 78.7 cm³/mol. The number of carbonyl (C=O) groups is 1. The minimum absolute atomic E-state index is 0.0197. The summed E-state index contributed by atoms with van der Waals surface area (Å²) in [6, 6.07) is 0.424. The van der Waals surface area contributed by atoms with E-state index in [9.17, 15) is 4.79 Å². The lowest BCUT2D eigenvalue weighted by Gasteiger charge is -2.40. The highest BCUT2D eigenvalue weighted by Crippen LogP contribution is 2.35. The lowest BCUT2D eigenvalue weighted by Crippen LogP contribution is -2.48. The van der Waals surface area contributed by atoms with Gasteiger partial charge in [-0.3, -0.25) is 10.1 Å². The molecule has 1 aliphatic carbocycles. The van der Waals surface area contributed by atoms with Crippen molar-refractivity contribution < 1.29 is 4.79 Å². The quantitative estimate of drug-likeness (QED) is 0.829. The van der Waals surface area contributed by atoms with Gasteiger partial charge in [0.15, 0.2) is 0 Å². The van der Waals surface area contributed by atoms with E-state index in [4.69, 9.17) is 0 Å². The third kappa shape index (κ3) is 2.96. The van der Waals surface area contributed by atoms with Crippen LogP contribution in [0.2, 0.25) is 0 Å². The first-order chi connectivity index (χ1) is 8.91. The first kappa shape index (κ1) is 14.8. The molecule has 2 aliphatic rings. The summed E-state index contributed by atoms with van der Waals surface area (Å²) in [6.07, 6.45) is 5.24. The average Bonchev–Trinajstić information content (AvgIpc) is 2.51. The Balaban J connectivity index is 2.12. The highest BCUT2D eigenvalue weighted by molar-refractivity contribution is 5.85. The van der Waals surface area contributed by atoms with Gasteiger partial charge in [0.2, 0.25) is 5.91 Å². The Labute approximate surface area is 118 Å². The maximum atomic E-state index is 12.7. The third-order valence-electron chi connectivity index (χ3n) is 4.86. The molecule has 1 saturated carbocycles. The van der Waals surface area contributed by atoms with E-state index in [1.807, 2.05) is 0 Å². The van der Waals surface area contributed by atoms with E-state index in [1.54, 1.807) is 0 Å². The molecular weight excluding hydrogens is 236 g/mol. The fourth-order valence-electron chi connectivity index (χ4n) is 3.41. The summed E-state index contributed by atoms with van der Waals surface area (Å²) in [5, 5.41) is 3.58. The van der Waals surface area contributed by atoms with E-state index in [2.05, 4.69) is 44.8 Å². The first-order valence-electron chi connectivity index (χ1n) is 8.00. The molecule has 1 N–H and O–H groups in total. The molecule has 1 heterocycles. The smallest absolute Gasteiger partial charge is 0.241 e. The zero-order valence-corrected chi connectivity index (χ0v) is 13.1. The zero-order chi connectivity index (χ0) is 14.2. The number of nitrogens with zero attached hydrogens (tertiary/aromatic N) is 1. The Morgan fingerprint density at radius 2 is 1.84 bits per heavy atom. The largest absolute Gasteiger partial charge is 0.323 e. The molecule has 2 fully saturated rings. The standard InChI is InChI=1S/C16H30N2O/c1-10(2)9-14-17-15(11(3)4)16(19)18(14)12(5)13-7-6-8-13/h10-15,17H,6-9H2,1-5H3. The van der Waals surface area contributed by atoms with Crippen LogP contribution < -0.4 is 5.32 Å². The zero-order valence-electron chi connectivity index (χ0n) is 13.1. The van der Waals surface area contributed by atoms with Gasteiger partial charge < -0.3 is 4.90 Å². The minimum Gasteiger partial charge on any atom is -0.323 e. The molecule has 0 spiro atoms. The van der Waals surface area contributed by atoms with E-state index in [-0.39, 0.29) is 12.2 Å². The second-order valence-electron chi connectivity index (χ2n) is 7.21. The molecule has 2 rings (SSSR count). The molecular formula is C16H30N2O. The number of carbonyl (C=O) groups excluding carboxylic acids is 1.